The van der Waals surface area contributed by atoms with E-state index >= 15 is 0 Å². The Morgan fingerprint density at radius 2 is 1.69 bits per heavy atom. The van der Waals surface area contributed by atoms with Crippen LogP contribution in [0.3, 0.4) is 0 Å². The maximum Gasteiger partial charge on any atom is 0.161 e. The molecule has 0 aromatic heterocycles. The van der Waals surface area contributed by atoms with Gasteiger partial charge in [-0.25, -0.2) is 0 Å². The zero-order chi connectivity index (χ0) is 11.7. The van der Waals surface area contributed by atoms with Crippen molar-refractivity contribution >= 4 is 0 Å². The van der Waals surface area contributed by atoms with Crippen LogP contribution in [0, 0.1) is 0 Å². The molecule has 1 aromatic carbocycles. The maximum atomic E-state index is 5.34. The summed E-state index contributed by atoms with van der Waals surface area (Å²) in [6, 6.07) is 4.64. The molecule has 1 N–H and O–H groups in total. The van der Waals surface area contributed by atoms with Gasteiger partial charge in [-0.2, -0.15) is 0 Å². The summed E-state index contributed by atoms with van der Waals surface area (Å²) in [6.45, 7) is 2.25. The van der Waals surface area contributed by atoms with Gasteiger partial charge in [0, 0.05) is 6.04 Å². The third-order valence-electron chi connectivity index (χ3n) is 3.43. The molecular formula is C13H19NO2. The number of methoxy groups -OCH3 is 2. The second-order valence-corrected chi connectivity index (χ2v) is 4.31. The second kappa shape index (κ2) is 4.34. The van der Waals surface area contributed by atoms with E-state index in [9.17, 15) is 0 Å². The Morgan fingerprint density at radius 1 is 1.12 bits per heavy atom. The first-order chi connectivity index (χ1) is 7.71. The van der Waals surface area contributed by atoms with Gasteiger partial charge < -0.3 is 14.8 Å². The Bertz CT molecular complexity index is 390. The van der Waals surface area contributed by atoms with Crippen LogP contribution in [0.25, 0.3) is 0 Å². The number of hydrogen-bond donors (Lipinski definition) is 1. The predicted octanol–water partition coefficient (Wildman–Crippen LogP) is 2.47. The van der Waals surface area contributed by atoms with E-state index in [0.717, 1.165) is 17.9 Å². The molecule has 1 aliphatic carbocycles. The molecule has 2 rings (SSSR count). The molecular weight excluding hydrogens is 202 g/mol. The molecule has 0 amide bonds. The molecule has 0 bridgehead atoms. The van der Waals surface area contributed by atoms with E-state index in [1.165, 1.54) is 11.1 Å². The summed E-state index contributed by atoms with van der Waals surface area (Å²) in [5.41, 5.74) is 2.71. The summed E-state index contributed by atoms with van der Waals surface area (Å²) < 4.78 is 10.7. The summed E-state index contributed by atoms with van der Waals surface area (Å²) in [6.07, 6.45) is 1.14. The Morgan fingerprint density at radius 3 is 2.19 bits per heavy atom. The van der Waals surface area contributed by atoms with E-state index in [1.54, 1.807) is 14.2 Å². The Balaban J connectivity index is 2.50. The second-order valence-electron chi connectivity index (χ2n) is 4.31. The summed E-state index contributed by atoms with van der Waals surface area (Å²) in [5.74, 6) is 2.22. The molecule has 0 radical (unpaired) electrons. The van der Waals surface area contributed by atoms with Gasteiger partial charge in [0.25, 0.3) is 0 Å². The number of fused-ring (bicyclic) bond motifs is 1. The highest BCUT2D eigenvalue weighted by atomic mass is 16.5. The highest BCUT2D eigenvalue weighted by molar-refractivity contribution is 5.51. The molecule has 0 spiro atoms. The van der Waals surface area contributed by atoms with Crippen molar-refractivity contribution in [3.63, 3.8) is 0 Å². The van der Waals surface area contributed by atoms with Gasteiger partial charge >= 0.3 is 0 Å². The van der Waals surface area contributed by atoms with Crippen molar-refractivity contribution < 1.29 is 9.47 Å². The Labute approximate surface area is 96.8 Å². The highest BCUT2D eigenvalue weighted by Gasteiger charge is 2.28. The fourth-order valence-corrected chi connectivity index (χ4v) is 2.52. The van der Waals surface area contributed by atoms with Gasteiger partial charge in [0.15, 0.2) is 11.5 Å². The standard InChI is InChI=1S/C13H19NO2/c1-8-5-11(14-2)10-7-13(16-4)12(15-3)6-9(8)10/h6-8,11,14H,5H2,1-4H3. The summed E-state index contributed by atoms with van der Waals surface area (Å²) in [5, 5.41) is 3.34. The SMILES string of the molecule is CNC1CC(C)c2cc(OC)c(OC)cc21. The first-order valence-corrected chi connectivity index (χ1v) is 5.64. The van der Waals surface area contributed by atoms with E-state index in [2.05, 4.69) is 24.4 Å². The minimum Gasteiger partial charge on any atom is -0.493 e. The molecule has 3 nitrogen and oxygen atoms in total. The van der Waals surface area contributed by atoms with Gasteiger partial charge in [-0.15, -0.1) is 0 Å². The third kappa shape index (κ3) is 1.65. The fourth-order valence-electron chi connectivity index (χ4n) is 2.52. The average molecular weight is 221 g/mol. The van der Waals surface area contributed by atoms with Crippen LogP contribution in [0.4, 0.5) is 0 Å². The summed E-state index contributed by atoms with van der Waals surface area (Å²) >= 11 is 0. The monoisotopic (exact) mass is 221 g/mol. The molecule has 0 aliphatic heterocycles. The average Bonchev–Trinajstić information content (AvgIpc) is 2.63. The van der Waals surface area contributed by atoms with Crippen molar-refractivity contribution in [2.45, 2.75) is 25.3 Å². The summed E-state index contributed by atoms with van der Waals surface area (Å²) in [4.78, 5) is 0. The lowest BCUT2D eigenvalue weighted by Crippen LogP contribution is -2.13. The van der Waals surface area contributed by atoms with Crippen molar-refractivity contribution in [1.82, 2.24) is 5.32 Å². The van der Waals surface area contributed by atoms with Crippen LogP contribution in [-0.4, -0.2) is 21.3 Å². The molecule has 2 atom stereocenters. The maximum absolute atomic E-state index is 5.34. The first-order valence-electron chi connectivity index (χ1n) is 5.64. The quantitative estimate of drug-likeness (QED) is 0.850. The van der Waals surface area contributed by atoms with Crippen molar-refractivity contribution in [3.05, 3.63) is 23.3 Å². The van der Waals surface area contributed by atoms with Gasteiger partial charge in [0.2, 0.25) is 0 Å². The van der Waals surface area contributed by atoms with Crippen molar-refractivity contribution in [1.29, 1.82) is 0 Å². The van der Waals surface area contributed by atoms with Crippen LogP contribution >= 0.6 is 0 Å². The molecule has 16 heavy (non-hydrogen) atoms. The van der Waals surface area contributed by atoms with Gasteiger partial charge in [-0.1, -0.05) is 6.92 Å². The van der Waals surface area contributed by atoms with Crippen molar-refractivity contribution in [2.24, 2.45) is 0 Å². The van der Waals surface area contributed by atoms with E-state index in [4.69, 9.17) is 9.47 Å². The fraction of sp³-hybridized carbons (Fsp3) is 0.538. The van der Waals surface area contributed by atoms with Gasteiger partial charge in [0.05, 0.1) is 14.2 Å². The first kappa shape index (κ1) is 11.3. The van der Waals surface area contributed by atoms with Crippen LogP contribution in [0.15, 0.2) is 12.1 Å². The molecule has 0 fully saturated rings. The van der Waals surface area contributed by atoms with Gasteiger partial charge in [-0.3, -0.25) is 0 Å². The minimum absolute atomic E-state index is 0.435. The van der Waals surface area contributed by atoms with E-state index in [0.29, 0.717) is 12.0 Å². The van der Waals surface area contributed by atoms with E-state index in [-0.39, 0.29) is 0 Å². The molecule has 1 aliphatic rings. The van der Waals surface area contributed by atoms with Crippen LogP contribution in [0.1, 0.15) is 36.4 Å². The lowest BCUT2D eigenvalue weighted by molar-refractivity contribution is 0.354. The van der Waals surface area contributed by atoms with E-state index < -0.39 is 0 Å². The van der Waals surface area contributed by atoms with Gasteiger partial charge in [-0.05, 0) is 42.6 Å². The lowest BCUT2D eigenvalue weighted by atomic mass is 10.0. The number of hydrogen-bond acceptors (Lipinski definition) is 3. The molecule has 1 aromatic rings. The van der Waals surface area contributed by atoms with Crippen molar-refractivity contribution in [2.75, 3.05) is 21.3 Å². The summed E-state index contributed by atoms with van der Waals surface area (Å²) in [7, 11) is 5.36. The van der Waals surface area contributed by atoms with E-state index in [1.807, 2.05) is 7.05 Å². The van der Waals surface area contributed by atoms with Gasteiger partial charge in [0.1, 0.15) is 0 Å². The smallest absolute Gasteiger partial charge is 0.161 e. The van der Waals surface area contributed by atoms with Crippen LogP contribution in [-0.2, 0) is 0 Å². The number of nitrogens with one attached hydrogen (secondary N) is 1. The molecule has 0 saturated heterocycles. The molecule has 0 saturated carbocycles. The number of rotatable bonds is 3. The van der Waals surface area contributed by atoms with Crippen LogP contribution in [0.5, 0.6) is 11.5 Å². The highest BCUT2D eigenvalue weighted by Crippen LogP contribution is 2.44. The third-order valence-corrected chi connectivity index (χ3v) is 3.43. The predicted molar refractivity (Wildman–Crippen MR) is 64.4 cm³/mol. The molecule has 2 unspecified atom stereocenters. The zero-order valence-electron chi connectivity index (χ0n) is 10.3. The minimum atomic E-state index is 0.435. The zero-order valence-corrected chi connectivity index (χ0v) is 10.3. The molecule has 3 heteroatoms. The molecule has 0 heterocycles. The Kier molecular flexibility index (Phi) is 3.06. The van der Waals surface area contributed by atoms with Crippen LogP contribution in [0.2, 0.25) is 0 Å². The van der Waals surface area contributed by atoms with Crippen molar-refractivity contribution in [3.8, 4) is 11.5 Å². The number of benzene rings is 1. The lowest BCUT2D eigenvalue weighted by Gasteiger charge is -2.13. The van der Waals surface area contributed by atoms with Crippen LogP contribution < -0.4 is 14.8 Å². The topological polar surface area (TPSA) is 30.5 Å². The Hall–Kier alpha value is -1.22. The largest absolute Gasteiger partial charge is 0.493 e. The normalized spacial score (nSPS) is 23.0. The number of ether oxygens (including phenoxy) is 2. The molecule has 88 valence electrons.